The normalized spacial score (nSPS) is 10.3. The van der Waals surface area contributed by atoms with Crippen molar-refractivity contribution in [1.82, 2.24) is 0 Å². The molecule has 4 heteroatoms. The number of carbonyl (C=O) groups excluding carboxylic acids is 2. The molecule has 0 aromatic heterocycles. The van der Waals surface area contributed by atoms with Crippen LogP contribution < -0.4 is 4.74 Å². The van der Waals surface area contributed by atoms with Crippen LogP contribution in [-0.2, 0) is 14.3 Å². The van der Waals surface area contributed by atoms with Gasteiger partial charge in [0.05, 0.1) is 6.61 Å². The molecule has 0 saturated heterocycles. The summed E-state index contributed by atoms with van der Waals surface area (Å²) in [4.78, 5) is 23.3. The zero-order chi connectivity index (χ0) is 16.4. The summed E-state index contributed by atoms with van der Waals surface area (Å²) in [5.74, 6) is 0.0373. The molecule has 4 nitrogen and oxygen atoms in total. The summed E-state index contributed by atoms with van der Waals surface area (Å²) < 4.78 is 10.4. The standard InChI is InChI=1S/C18H26O4/c1-4-5-6-13-21-17(19)11-8-12-18(20)22-16-10-7-9-14(2)15(16)3/h7,9-10H,4-6,8,11-13H2,1-3H3. The Hall–Kier alpha value is -1.84. The number of unbranched alkanes of at least 4 members (excludes halogenated alkanes) is 2. The van der Waals surface area contributed by atoms with E-state index in [1.54, 1.807) is 6.07 Å². The molecule has 0 aliphatic carbocycles. The third-order valence-electron chi connectivity index (χ3n) is 3.55. The molecule has 0 spiro atoms. The maximum Gasteiger partial charge on any atom is 0.311 e. The van der Waals surface area contributed by atoms with Crippen LogP contribution in [0, 0.1) is 13.8 Å². The summed E-state index contributed by atoms with van der Waals surface area (Å²) in [5, 5.41) is 0. The first-order valence-corrected chi connectivity index (χ1v) is 7.97. The summed E-state index contributed by atoms with van der Waals surface area (Å²) in [5.41, 5.74) is 2.05. The van der Waals surface area contributed by atoms with E-state index in [2.05, 4.69) is 6.92 Å². The van der Waals surface area contributed by atoms with E-state index in [1.165, 1.54) is 0 Å². The summed E-state index contributed by atoms with van der Waals surface area (Å²) in [6.07, 6.45) is 4.00. The Balaban J connectivity index is 2.23. The van der Waals surface area contributed by atoms with Gasteiger partial charge in [0.15, 0.2) is 0 Å². The Kier molecular flexibility index (Phi) is 8.26. The van der Waals surface area contributed by atoms with Crippen molar-refractivity contribution in [3.05, 3.63) is 29.3 Å². The number of hydrogen-bond acceptors (Lipinski definition) is 4. The lowest BCUT2D eigenvalue weighted by Crippen LogP contribution is -2.11. The summed E-state index contributed by atoms with van der Waals surface area (Å²) >= 11 is 0. The van der Waals surface area contributed by atoms with Gasteiger partial charge in [-0.3, -0.25) is 9.59 Å². The molecule has 0 fully saturated rings. The van der Waals surface area contributed by atoms with Crippen LogP contribution in [0.5, 0.6) is 5.75 Å². The quantitative estimate of drug-likeness (QED) is 0.391. The largest absolute Gasteiger partial charge is 0.466 e. The highest BCUT2D eigenvalue weighted by molar-refractivity contribution is 5.74. The Morgan fingerprint density at radius 1 is 1.00 bits per heavy atom. The second kappa shape index (κ2) is 9.98. The van der Waals surface area contributed by atoms with Gasteiger partial charge in [-0.2, -0.15) is 0 Å². The second-order valence-corrected chi connectivity index (χ2v) is 5.45. The minimum atomic E-state index is -0.313. The lowest BCUT2D eigenvalue weighted by atomic mass is 10.1. The van der Waals surface area contributed by atoms with Gasteiger partial charge in [0.2, 0.25) is 0 Å². The van der Waals surface area contributed by atoms with Crippen LogP contribution in [0.4, 0.5) is 0 Å². The molecule has 1 aromatic rings. The van der Waals surface area contributed by atoms with Crippen LogP contribution in [0.25, 0.3) is 0 Å². The number of rotatable bonds is 9. The SMILES string of the molecule is CCCCCOC(=O)CCCC(=O)Oc1cccc(C)c1C. The van der Waals surface area contributed by atoms with Crippen LogP contribution >= 0.6 is 0 Å². The number of benzene rings is 1. The van der Waals surface area contributed by atoms with Crippen molar-refractivity contribution in [3.63, 3.8) is 0 Å². The fraction of sp³-hybridized carbons (Fsp3) is 0.556. The zero-order valence-electron chi connectivity index (χ0n) is 13.8. The molecule has 0 amide bonds. The van der Waals surface area contributed by atoms with Gasteiger partial charge < -0.3 is 9.47 Å². The molecule has 1 aromatic carbocycles. The number of carbonyl (C=O) groups is 2. The van der Waals surface area contributed by atoms with E-state index in [0.717, 1.165) is 30.4 Å². The first-order valence-electron chi connectivity index (χ1n) is 7.97. The molecule has 0 radical (unpaired) electrons. The van der Waals surface area contributed by atoms with E-state index in [4.69, 9.17) is 9.47 Å². The van der Waals surface area contributed by atoms with Gasteiger partial charge in [-0.25, -0.2) is 0 Å². The Morgan fingerprint density at radius 3 is 2.45 bits per heavy atom. The third kappa shape index (κ3) is 6.74. The minimum Gasteiger partial charge on any atom is -0.466 e. The van der Waals surface area contributed by atoms with Crippen molar-refractivity contribution in [3.8, 4) is 5.75 Å². The van der Waals surface area contributed by atoms with Gasteiger partial charge in [-0.1, -0.05) is 31.9 Å². The minimum absolute atomic E-state index is 0.220. The molecule has 0 atom stereocenters. The average molecular weight is 306 g/mol. The molecule has 1 rings (SSSR count). The predicted octanol–water partition coefficient (Wildman–Crippen LogP) is 4.11. The highest BCUT2D eigenvalue weighted by atomic mass is 16.5. The van der Waals surface area contributed by atoms with E-state index < -0.39 is 0 Å². The van der Waals surface area contributed by atoms with E-state index in [-0.39, 0.29) is 24.8 Å². The average Bonchev–Trinajstić information content (AvgIpc) is 2.48. The fourth-order valence-electron chi connectivity index (χ4n) is 2.00. The first-order chi connectivity index (χ1) is 10.5. The lowest BCUT2D eigenvalue weighted by Gasteiger charge is -2.09. The van der Waals surface area contributed by atoms with E-state index >= 15 is 0 Å². The summed E-state index contributed by atoms with van der Waals surface area (Å²) in [6.45, 7) is 6.47. The van der Waals surface area contributed by atoms with Crippen molar-refractivity contribution >= 4 is 11.9 Å². The van der Waals surface area contributed by atoms with Crippen molar-refractivity contribution in [1.29, 1.82) is 0 Å². The number of ether oxygens (including phenoxy) is 2. The maximum absolute atomic E-state index is 11.8. The highest BCUT2D eigenvalue weighted by Gasteiger charge is 2.10. The number of esters is 2. The van der Waals surface area contributed by atoms with Gasteiger partial charge in [0.1, 0.15) is 5.75 Å². The van der Waals surface area contributed by atoms with Crippen LogP contribution in [0.3, 0.4) is 0 Å². The van der Waals surface area contributed by atoms with Crippen LogP contribution in [0.15, 0.2) is 18.2 Å². The number of aryl methyl sites for hydroxylation is 1. The Bertz CT molecular complexity index is 494. The zero-order valence-corrected chi connectivity index (χ0v) is 13.8. The van der Waals surface area contributed by atoms with Crippen molar-refractivity contribution in [2.45, 2.75) is 59.3 Å². The molecule has 0 bridgehead atoms. The fourth-order valence-corrected chi connectivity index (χ4v) is 2.00. The Morgan fingerprint density at radius 2 is 1.73 bits per heavy atom. The molecule has 0 heterocycles. The third-order valence-corrected chi connectivity index (χ3v) is 3.55. The molecule has 0 aliphatic rings. The van der Waals surface area contributed by atoms with Gasteiger partial charge in [-0.15, -0.1) is 0 Å². The molecule has 0 aliphatic heterocycles. The smallest absolute Gasteiger partial charge is 0.311 e. The molecule has 0 unspecified atom stereocenters. The second-order valence-electron chi connectivity index (χ2n) is 5.45. The molecule has 0 saturated carbocycles. The summed E-state index contributed by atoms with van der Waals surface area (Å²) in [7, 11) is 0. The Labute approximate surface area is 132 Å². The molecule has 22 heavy (non-hydrogen) atoms. The molecular weight excluding hydrogens is 280 g/mol. The maximum atomic E-state index is 11.8. The van der Waals surface area contributed by atoms with Crippen molar-refractivity contribution in [2.75, 3.05) is 6.61 Å². The highest BCUT2D eigenvalue weighted by Crippen LogP contribution is 2.21. The van der Waals surface area contributed by atoms with E-state index in [0.29, 0.717) is 18.8 Å². The van der Waals surface area contributed by atoms with E-state index in [1.807, 2.05) is 26.0 Å². The van der Waals surface area contributed by atoms with Gasteiger partial charge >= 0.3 is 11.9 Å². The first kappa shape index (κ1) is 18.2. The van der Waals surface area contributed by atoms with Crippen molar-refractivity contribution < 1.29 is 19.1 Å². The topological polar surface area (TPSA) is 52.6 Å². The van der Waals surface area contributed by atoms with Crippen molar-refractivity contribution in [2.24, 2.45) is 0 Å². The molecule has 122 valence electrons. The molecule has 0 N–H and O–H groups in total. The lowest BCUT2D eigenvalue weighted by molar-refractivity contribution is -0.144. The number of hydrogen-bond donors (Lipinski definition) is 0. The molecular formula is C18H26O4. The van der Waals surface area contributed by atoms with Crippen LogP contribution in [0.1, 0.15) is 56.6 Å². The van der Waals surface area contributed by atoms with E-state index in [9.17, 15) is 9.59 Å². The van der Waals surface area contributed by atoms with Gasteiger partial charge in [0.25, 0.3) is 0 Å². The van der Waals surface area contributed by atoms with Crippen LogP contribution in [0.2, 0.25) is 0 Å². The summed E-state index contributed by atoms with van der Waals surface area (Å²) in [6, 6.07) is 5.61. The predicted molar refractivity (Wildman–Crippen MR) is 85.9 cm³/mol. The monoisotopic (exact) mass is 306 g/mol. The van der Waals surface area contributed by atoms with Gasteiger partial charge in [0, 0.05) is 12.8 Å². The van der Waals surface area contributed by atoms with Crippen LogP contribution in [-0.4, -0.2) is 18.5 Å². The van der Waals surface area contributed by atoms with Gasteiger partial charge in [-0.05, 0) is 43.9 Å².